The summed E-state index contributed by atoms with van der Waals surface area (Å²) in [6.45, 7) is 5.78. The normalized spacial score (nSPS) is 23.6. The van der Waals surface area contributed by atoms with Gasteiger partial charge in [-0.25, -0.2) is 14.8 Å². The quantitative estimate of drug-likeness (QED) is 0.635. The number of carbonyl (C=O) groups excluding carboxylic acids is 1. The number of carbonyl (C=O) groups is 1. The first-order valence-electron chi connectivity index (χ1n) is 11.1. The highest BCUT2D eigenvalue weighted by Gasteiger charge is 2.49. The van der Waals surface area contributed by atoms with Crippen molar-refractivity contribution in [3.05, 3.63) is 31.0 Å². The van der Waals surface area contributed by atoms with Crippen LogP contribution >= 0.6 is 0 Å². The summed E-state index contributed by atoms with van der Waals surface area (Å²) in [5.41, 5.74) is 2.27. The summed E-state index contributed by atoms with van der Waals surface area (Å²) in [6, 6.07) is 4.76. The van der Waals surface area contributed by atoms with Crippen LogP contribution in [-0.4, -0.2) is 79.3 Å². The Morgan fingerprint density at radius 1 is 1.31 bits per heavy atom. The van der Waals surface area contributed by atoms with Gasteiger partial charge in [-0.2, -0.15) is 10.4 Å². The largest absolute Gasteiger partial charge is 0.346 e. The highest BCUT2D eigenvalue weighted by atomic mass is 16.2. The number of hydrogen-bond donors (Lipinski definition) is 2. The fourth-order valence-corrected chi connectivity index (χ4v) is 5.00. The zero-order valence-corrected chi connectivity index (χ0v) is 18.2. The molecule has 166 valence electrons. The molecule has 0 atom stereocenters. The van der Waals surface area contributed by atoms with E-state index in [4.69, 9.17) is 0 Å². The van der Waals surface area contributed by atoms with Crippen LogP contribution in [0, 0.1) is 11.3 Å². The molecule has 0 radical (unpaired) electrons. The van der Waals surface area contributed by atoms with Crippen LogP contribution in [0.1, 0.15) is 26.2 Å². The van der Waals surface area contributed by atoms with Crippen molar-refractivity contribution < 1.29 is 4.79 Å². The van der Waals surface area contributed by atoms with Crippen LogP contribution in [0.3, 0.4) is 0 Å². The van der Waals surface area contributed by atoms with E-state index in [9.17, 15) is 10.1 Å². The molecule has 2 N–H and O–H groups in total. The van der Waals surface area contributed by atoms with Crippen LogP contribution in [0.2, 0.25) is 0 Å². The second-order valence-electron chi connectivity index (χ2n) is 8.62. The lowest BCUT2D eigenvalue weighted by atomic mass is 9.70. The van der Waals surface area contributed by atoms with Crippen molar-refractivity contribution in [2.45, 2.75) is 37.8 Å². The number of nitrogens with zero attached hydrogens (tertiary/aromatic N) is 7. The fourth-order valence-electron chi connectivity index (χ4n) is 5.00. The minimum atomic E-state index is -0.293. The Kier molecular flexibility index (Phi) is 5.27. The minimum Gasteiger partial charge on any atom is -0.346 e. The number of nitriles is 1. The lowest BCUT2D eigenvalue weighted by Crippen LogP contribution is -2.61. The molecule has 2 aliphatic rings. The van der Waals surface area contributed by atoms with Crippen LogP contribution in [0.15, 0.2) is 31.0 Å². The third-order valence-corrected chi connectivity index (χ3v) is 6.78. The molecule has 10 heteroatoms. The average Bonchev–Trinajstić information content (AvgIpc) is 3.46. The Bertz CT molecular complexity index is 1150. The van der Waals surface area contributed by atoms with Gasteiger partial charge in [0.15, 0.2) is 0 Å². The SMILES string of the molecule is CCNC(=O)N1CCN([C@H]2C[C@](CC#N)(n3cc(-c4ncnc5[nH]ccc45)cn3)C2)CC1. The second kappa shape index (κ2) is 8.24. The first-order valence-corrected chi connectivity index (χ1v) is 11.1. The summed E-state index contributed by atoms with van der Waals surface area (Å²) in [4.78, 5) is 28.2. The van der Waals surface area contributed by atoms with Crippen LogP contribution in [0.5, 0.6) is 0 Å². The topological polar surface area (TPSA) is 119 Å². The summed E-state index contributed by atoms with van der Waals surface area (Å²) in [7, 11) is 0. The zero-order valence-electron chi connectivity index (χ0n) is 18.2. The Morgan fingerprint density at radius 3 is 2.88 bits per heavy atom. The molecule has 1 aliphatic carbocycles. The molecule has 3 aromatic heterocycles. The molecular weight excluding hydrogens is 406 g/mol. The molecule has 0 spiro atoms. The van der Waals surface area contributed by atoms with Crippen molar-refractivity contribution in [1.29, 1.82) is 5.26 Å². The predicted octanol–water partition coefficient (Wildman–Crippen LogP) is 1.94. The van der Waals surface area contributed by atoms with Gasteiger partial charge in [-0.3, -0.25) is 9.58 Å². The average molecular weight is 434 g/mol. The number of amides is 2. The summed E-state index contributed by atoms with van der Waals surface area (Å²) in [5, 5.41) is 18.0. The van der Waals surface area contributed by atoms with E-state index in [1.54, 1.807) is 6.33 Å². The second-order valence-corrected chi connectivity index (χ2v) is 8.62. The molecule has 0 bridgehead atoms. The van der Waals surface area contributed by atoms with Crippen molar-refractivity contribution >= 4 is 17.1 Å². The molecule has 1 saturated carbocycles. The van der Waals surface area contributed by atoms with Gasteiger partial charge < -0.3 is 15.2 Å². The highest BCUT2D eigenvalue weighted by Crippen LogP contribution is 2.45. The number of nitrogens with one attached hydrogen (secondary N) is 2. The number of aromatic amines is 1. The van der Waals surface area contributed by atoms with Gasteiger partial charge in [0.05, 0.1) is 29.9 Å². The highest BCUT2D eigenvalue weighted by molar-refractivity contribution is 5.90. The number of urea groups is 1. The van der Waals surface area contributed by atoms with Crippen LogP contribution < -0.4 is 5.32 Å². The summed E-state index contributed by atoms with van der Waals surface area (Å²) >= 11 is 0. The molecule has 32 heavy (non-hydrogen) atoms. The number of piperazine rings is 1. The van der Waals surface area contributed by atoms with Crippen molar-refractivity contribution in [3.8, 4) is 17.3 Å². The number of rotatable bonds is 5. The zero-order chi connectivity index (χ0) is 22.1. The van der Waals surface area contributed by atoms with Gasteiger partial charge in [0, 0.05) is 62.1 Å². The smallest absolute Gasteiger partial charge is 0.317 e. The molecule has 5 rings (SSSR count). The van der Waals surface area contributed by atoms with E-state index in [1.807, 2.05) is 41.2 Å². The maximum absolute atomic E-state index is 12.1. The number of aromatic nitrogens is 5. The first-order chi connectivity index (χ1) is 15.6. The number of hydrogen-bond acceptors (Lipinski definition) is 6. The molecule has 0 unspecified atom stereocenters. The molecule has 1 saturated heterocycles. The van der Waals surface area contributed by atoms with Gasteiger partial charge in [0.1, 0.15) is 12.0 Å². The molecule has 0 aromatic carbocycles. The molecule has 1 aliphatic heterocycles. The van der Waals surface area contributed by atoms with Crippen molar-refractivity contribution in [1.82, 2.24) is 39.8 Å². The molecule has 10 nitrogen and oxygen atoms in total. The van der Waals surface area contributed by atoms with Gasteiger partial charge in [0.2, 0.25) is 0 Å². The standard InChI is InChI=1S/C22H27N9O/c1-2-24-21(32)30-9-7-29(8-10-30)17-11-22(12-17,4-5-23)31-14-16(13-28-31)19-18-3-6-25-20(18)27-15-26-19/h3,6,13-15,17H,2,4,7-12H2,1H3,(H,24,32)(H,25,26,27)/t17-,22-. The first kappa shape index (κ1) is 20.5. The van der Waals surface area contributed by atoms with E-state index in [0.717, 1.165) is 61.3 Å². The molecule has 2 amide bonds. The fraction of sp³-hybridized carbons (Fsp3) is 0.500. The lowest BCUT2D eigenvalue weighted by molar-refractivity contribution is -0.0129. The van der Waals surface area contributed by atoms with Gasteiger partial charge in [-0.15, -0.1) is 0 Å². The predicted molar refractivity (Wildman–Crippen MR) is 119 cm³/mol. The van der Waals surface area contributed by atoms with E-state index < -0.39 is 0 Å². The summed E-state index contributed by atoms with van der Waals surface area (Å²) in [5.74, 6) is 0. The Morgan fingerprint density at radius 2 is 2.12 bits per heavy atom. The van der Waals surface area contributed by atoms with E-state index in [1.165, 1.54) is 0 Å². The van der Waals surface area contributed by atoms with Crippen LogP contribution in [-0.2, 0) is 5.54 Å². The summed E-state index contributed by atoms with van der Waals surface area (Å²) in [6.07, 6.45) is 9.43. The lowest BCUT2D eigenvalue weighted by Gasteiger charge is -2.52. The molecular formula is C22H27N9O. The Labute approximate surface area is 186 Å². The molecule has 2 fully saturated rings. The third kappa shape index (κ3) is 3.48. The van der Waals surface area contributed by atoms with E-state index in [2.05, 4.69) is 36.3 Å². The van der Waals surface area contributed by atoms with Gasteiger partial charge in [-0.05, 0) is 25.8 Å². The van der Waals surface area contributed by atoms with E-state index in [0.29, 0.717) is 19.0 Å². The third-order valence-electron chi connectivity index (χ3n) is 6.78. The molecule has 4 heterocycles. The van der Waals surface area contributed by atoms with Gasteiger partial charge in [0.25, 0.3) is 0 Å². The van der Waals surface area contributed by atoms with Crippen LogP contribution in [0.25, 0.3) is 22.3 Å². The van der Waals surface area contributed by atoms with E-state index in [-0.39, 0.29) is 11.6 Å². The van der Waals surface area contributed by atoms with Gasteiger partial charge in [-0.1, -0.05) is 0 Å². The van der Waals surface area contributed by atoms with Crippen molar-refractivity contribution in [3.63, 3.8) is 0 Å². The van der Waals surface area contributed by atoms with E-state index >= 15 is 0 Å². The van der Waals surface area contributed by atoms with Crippen molar-refractivity contribution in [2.75, 3.05) is 32.7 Å². The molecule has 3 aromatic rings. The Balaban J connectivity index is 1.28. The summed E-state index contributed by atoms with van der Waals surface area (Å²) < 4.78 is 1.97. The number of H-pyrrole nitrogens is 1. The minimum absolute atomic E-state index is 0.0184. The number of fused-ring (bicyclic) bond motifs is 1. The maximum Gasteiger partial charge on any atom is 0.317 e. The Hall–Kier alpha value is -3.45. The maximum atomic E-state index is 12.1. The monoisotopic (exact) mass is 433 g/mol. The van der Waals surface area contributed by atoms with Gasteiger partial charge >= 0.3 is 6.03 Å². The van der Waals surface area contributed by atoms with Crippen LogP contribution in [0.4, 0.5) is 4.79 Å². The van der Waals surface area contributed by atoms with Crippen molar-refractivity contribution in [2.24, 2.45) is 0 Å².